The lowest BCUT2D eigenvalue weighted by Crippen LogP contribution is -2.43. The van der Waals surface area contributed by atoms with E-state index in [0.717, 1.165) is 19.3 Å². The summed E-state index contributed by atoms with van der Waals surface area (Å²) in [7, 11) is 0. The summed E-state index contributed by atoms with van der Waals surface area (Å²) in [5, 5.41) is 0.471. The summed E-state index contributed by atoms with van der Waals surface area (Å²) in [6.45, 7) is -0.614. The third-order valence-electron chi connectivity index (χ3n) is 7.04. The van der Waals surface area contributed by atoms with E-state index in [0.29, 0.717) is 22.5 Å². The van der Waals surface area contributed by atoms with Gasteiger partial charge in [-0.2, -0.15) is 0 Å². The number of hydrogen-bond donors (Lipinski definition) is 2. The van der Waals surface area contributed by atoms with Crippen molar-refractivity contribution in [2.45, 2.75) is 19.3 Å². The van der Waals surface area contributed by atoms with Crippen molar-refractivity contribution in [2.75, 3.05) is 11.5 Å². The Morgan fingerprint density at radius 1 is 0.857 bits per heavy atom. The Kier molecular flexibility index (Phi) is 6.02. The average Bonchev–Trinajstić information content (AvgIpc) is 3.55. The number of ether oxygens (including phenoxy) is 1. The summed E-state index contributed by atoms with van der Waals surface area (Å²) in [5.41, 5.74) is 5.25. The first-order valence-electron chi connectivity index (χ1n) is 11.3. The van der Waals surface area contributed by atoms with Gasteiger partial charge in [-0.3, -0.25) is 34.9 Å². The van der Waals surface area contributed by atoms with E-state index in [1.165, 1.54) is 53.4 Å². The maximum atomic E-state index is 12.9. The normalized spacial score (nSPS) is 24.3. The Hall–Kier alpha value is -3.72. The number of nitrogens with one attached hydrogen (secondary N) is 2. The number of carbonyl (C=O) groups is 5. The molecule has 1 aliphatic heterocycles. The van der Waals surface area contributed by atoms with Crippen LogP contribution in [0.15, 0.2) is 48.5 Å². The first-order valence-corrected chi connectivity index (χ1v) is 11.7. The first kappa shape index (κ1) is 23.0. The van der Waals surface area contributed by atoms with E-state index < -0.39 is 24.4 Å². The highest BCUT2D eigenvalue weighted by Crippen LogP contribution is 2.56. The molecule has 0 radical (unpaired) electrons. The van der Waals surface area contributed by atoms with E-state index in [1.807, 2.05) is 0 Å². The number of esters is 1. The number of rotatable bonds is 5. The minimum absolute atomic E-state index is 0.153. The third-order valence-corrected chi connectivity index (χ3v) is 7.30. The summed E-state index contributed by atoms with van der Waals surface area (Å²) >= 11 is 5.77. The number of hydrazine groups is 1. The van der Waals surface area contributed by atoms with Crippen LogP contribution in [0.1, 0.15) is 40.0 Å². The zero-order chi connectivity index (χ0) is 24.7. The molecule has 2 aromatic rings. The molecule has 35 heavy (non-hydrogen) atoms. The van der Waals surface area contributed by atoms with Crippen LogP contribution in [0.25, 0.3) is 0 Å². The molecule has 10 heteroatoms. The van der Waals surface area contributed by atoms with Crippen molar-refractivity contribution in [3.05, 3.63) is 64.7 Å². The Morgan fingerprint density at radius 3 is 2.03 bits per heavy atom. The maximum Gasteiger partial charge on any atom is 0.338 e. The van der Waals surface area contributed by atoms with E-state index in [2.05, 4.69) is 10.9 Å². The van der Waals surface area contributed by atoms with E-state index in [-0.39, 0.29) is 34.8 Å². The van der Waals surface area contributed by atoms with E-state index in [1.54, 1.807) is 0 Å². The molecule has 2 aromatic carbocycles. The Morgan fingerprint density at radius 2 is 1.43 bits per heavy atom. The smallest absolute Gasteiger partial charge is 0.338 e. The Balaban J connectivity index is 1.13. The van der Waals surface area contributed by atoms with Crippen LogP contribution in [0, 0.1) is 23.7 Å². The van der Waals surface area contributed by atoms with Crippen LogP contribution >= 0.6 is 11.6 Å². The second-order valence-corrected chi connectivity index (χ2v) is 9.47. The fourth-order valence-corrected chi connectivity index (χ4v) is 5.59. The summed E-state index contributed by atoms with van der Waals surface area (Å²) in [5.74, 6) is -2.20. The molecule has 2 N–H and O–H groups in total. The Labute approximate surface area is 205 Å². The van der Waals surface area contributed by atoms with Crippen LogP contribution in [0.4, 0.5) is 5.69 Å². The predicted molar refractivity (Wildman–Crippen MR) is 124 cm³/mol. The molecule has 2 aliphatic carbocycles. The average molecular weight is 496 g/mol. The van der Waals surface area contributed by atoms with Gasteiger partial charge >= 0.3 is 5.97 Å². The van der Waals surface area contributed by atoms with Gasteiger partial charge in [-0.15, -0.1) is 0 Å². The number of fused-ring (bicyclic) bond motifs is 5. The molecule has 0 aromatic heterocycles. The molecular weight excluding hydrogens is 474 g/mol. The van der Waals surface area contributed by atoms with Gasteiger partial charge in [-0.25, -0.2) is 4.79 Å². The molecule has 1 heterocycles. The molecule has 0 unspecified atom stereocenters. The lowest BCUT2D eigenvalue weighted by atomic mass is 9.81. The quantitative estimate of drug-likeness (QED) is 0.373. The lowest BCUT2D eigenvalue weighted by Gasteiger charge is -2.19. The van der Waals surface area contributed by atoms with Gasteiger partial charge in [0.05, 0.1) is 23.1 Å². The predicted octanol–water partition coefficient (Wildman–Crippen LogP) is 2.49. The van der Waals surface area contributed by atoms with Gasteiger partial charge in [0.15, 0.2) is 6.61 Å². The second-order valence-electron chi connectivity index (χ2n) is 9.03. The minimum Gasteiger partial charge on any atom is -0.452 e. The largest absolute Gasteiger partial charge is 0.452 e. The molecule has 9 nitrogen and oxygen atoms in total. The number of imide groups is 1. The van der Waals surface area contributed by atoms with Crippen molar-refractivity contribution in [1.82, 2.24) is 10.9 Å². The topological polar surface area (TPSA) is 122 Å². The summed E-state index contributed by atoms with van der Waals surface area (Å²) in [6, 6.07) is 12.0. The van der Waals surface area contributed by atoms with Crippen molar-refractivity contribution in [1.29, 1.82) is 0 Å². The van der Waals surface area contributed by atoms with Crippen molar-refractivity contribution in [2.24, 2.45) is 23.7 Å². The van der Waals surface area contributed by atoms with Crippen molar-refractivity contribution in [3.63, 3.8) is 0 Å². The van der Waals surface area contributed by atoms with Crippen LogP contribution in [-0.4, -0.2) is 36.2 Å². The van der Waals surface area contributed by atoms with E-state index in [4.69, 9.17) is 16.3 Å². The molecule has 5 rings (SSSR count). The molecule has 0 spiro atoms. The monoisotopic (exact) mass is 495 g/mol. The number of hydrogen-bond acceptors (Lipinski definition) is 6. The highest BCUT2D eigenvalue weighted by atomic mass is 35.5. The van der Waals surface area contributed by atoms with Crippen LogP contribution in [-0.2, 0) is 19.1 Å². The lowest BCUT2D eigenvalue weighted by molar-refractivity contribution is -0.125. The fraction of sp³-hybridized carbons (Fsp3) is 0.320. The molecule has 3 aliphatic rings. The van der Waals surface area contributed by atoms with Crippen LogP contribution in [0.5, 0.6) is 0 Å². The van der Waals surface area contributed by atoms with Gasteiger partial charge in [0.25, 0.3) is 11.8 Å². The number of halogens is 1. The molecule has 1 saturated heterocycles. The molecule has 180 valence electrons. The number of anilines is 1. The van der Waals surface area contributed by atoms with E-state index >= 15 is 0 Å². The summed E-state index contributed by atoms with van der Waals surface area (Å²) in [6.07, 6.45) is 2.97. The number of nitrogens with zero attached hydrogens (tertiary/aromatic N) is 1. The zero-order valence-corrected chi connectivity index (χ0v) is 19.3. The Bertz CT molecular complexity index is 1180. The summed E-state index contributed by atoms with van der Waals surface area (Å²) in [4.78, 5) is 63.3. The van der Waals surface area contributed by atoms with Crippen LogP contribution in [0.2, 0.25) is 5.02 Å². The van der Waals surface area contributed by atoms with Crippen molar-refractivity contribution in [3.8, 4) is 0 Å². The molecule has 2 bridgehead atoms. The second kappa shape index (κ2) is 9.14. The SMILES string of the molecule is O=C(COC(=O)c1ccc(N2C(=O)[C@@H]3[C@H]4CC[C@@H](C4)[C@H]3C2=O)cc1)NNC(=O)c1ccc(Cl)cc1. The molecule has 3 fully saturated rings. The van der Waals surface area contributed by atoms with Crippen molar-refractivity contribution < 1.29 is 28.7 Å². The number of benzene rings is 2. The molecule has 4 atom stereocenters. The zero-order valence-electron chi connectivity index (χ0n) is 18.5. The van der Waals surface area contributed by atoms with Gasteiger partial charge < -0.3 is 4.74 Å². The van der Waals surface area contributed by atoms with Crippen molar-refractivity contribution >= 4 is 46.9 Å². The minimum atomic E-state index is -0.760. The maximum absolute atomic E-state index is 12.9. The summed E-state index contributed by atoms with van der Waals surface area (Å²) < 4.78 is 4.98. The standard InChI is InChI=1S/C25H22ClN3O6/c26-17-7-3-13(4-8-17)22(31)28-27-19(30)12-35-25(34)14-5-9-18(10-6-14)29-23(32)20-15-1-2-16(11-15)21(20)24(29)33/h3-10,15-16,20-21H,1-2,11-12H2,(H,27,30)(H,28,31)/t15-,16-,20+,21+/m0/s1. The van der Waals surface area contributed by atoms with Gasteiger partial charge in [-0.05, 0) is 79.6 Å². The molecule has 2 saturated carbocycles. The van der Waals surface area contributed by atoms with Gasteiger partial charge in [0.2, 0.25) is 11.8 Å². The van der Waals surface area contributed by atoms with Crippen LogP contribution < -0.4 is 15.8 Å². The first-order chi connectivity index (χ1) is 16.8. The van der Waals surface area contributed by atoms with Gasteiger partial charge in [0.1, 0.15) is 0 Å². The number of amides is 4. The third kappa shape index (κ3) is 4.27. The van der Waals surface area contributed by atoms with E-state index in [9.17, 15) is 24.0 Å². The number of carbonyl (C=O) groups excluding carboxylic acids is 5. The fourth-order valence-electron chi connectivity index (χ4n) is 5.46. The molecule has 4 amide bonds. The van der Waals surface area contributed by atoms with Gasteiger partial charge in [0, 0.05) is 10.6 Å². The molecular formula is C25H22ClN3O6. The van der Waals surface area contributed by atoms with Crippen LogP contribution in [0.3, 0.4) is 0 Å². The van der Waals surface area contributed by atoms with Gasteiger partial charge in [-0.1, -0.05) is 11.6 Å². The highest BCUT2D eigenvalue weighted by Gasteiger charge is 2.61. The highest BCUT2D eigenvalue weighted by molar-refractivity contribution is 6.30.